The van der Waals surface area contributed by atoms with E-state index in [1.165, 1.54) is 6.42 Å². The van der Waals surface area contributed by atoms with Gasteiger partial charge in [-0.15, -0.1) is 0 Å². The van der Waals surface area contributed by atoms with Gasteiger partial charge < -0.3 is 5.11 Å². The molecule has 1 N–H and O–H groups in total. The Hall–Kier alpha value is -2.29. The summed E-state index contributed by atoms with van der Waals surface area (Å²) in [5, 5.41) is 9.67. The summed E-state index contributed by atoms with van der Waals surface area (Å²) in [4.78, 5) is 13.3. The van der Waals surface area contributed by atoms with E-state index in [2.05, 4.69) is 0 Å². The highest BCUT2D eigenvalue weighted by Crippen LogP contribution is 2.30. The van der Waals surface area contributed by atoms with Gasteiger partial charge in [0.15, 0.2) is 0 Å². The predicted molar refractivity (Wildman–Crippen MR) is 89.3 cm³/mol. The Kier molecular flexibility index (Phi) is 4.42. The lowest BCUT2D eigenvalue weighted by atomic mass is 9.93. The Balaban J connectivity index is 1.93. The van der Waals surface area contributed by atoms with E-state index in [4.69, 9.17) is 0 Å². The number of anilines is 1. The number of carboxylic acid groups (broad SMARTS) is 1. The molecule has 0 unspecified atom stereocenters. The van der Waals surface area contributed by atoms with E-state index >= 15 is 0 Å². The van der Waals surface area contributed by atoms with E-state index in [-0.39, 0.29) is 6.04 Å². The van der Waals surface area contributed by atoms with Crippen molar-refractivity contribution in [3.8, 4) is 11.1 Å². The summed E-state index contributed by atoms with van der Waals surface area (Å²) >= 11 is 0. The lowest BCUT2D eigenvalue weighted by molar-refractivity contribution is 0.196. The van der Waals surface area contributed by atoms with Gasteiger partial charge in [-0.3, -0.25) is 4.90 Å². The summed E-state index contributed by atoms with van der Waals surface area (Å²) in [7, 11) is 0. The second-order valence-electron chi connectivity index (χ2n) is 5.86. The van der Waals surface area contributed by atoms with Crippen molar-refractivity contribution in [3.05, 3.63) is 54.6 Å². The normalized spacial score (nSPS) is 15.5. The molecule has 22 heavy (non-hydrogen) atoms. The van der Waals surface area contributed by atoms with Crippen molar-refractivity contribution in [1.82, 2.24) is 0 Å². The van der Waals surface area contributed by atoms with Crippen LogP contribution in [0.1, 0.15) is 32.1 Å². The van der Waals surface area contributed by atoms with Gasteiger partial charge in [0.25, 0.3) is 0 Å². The van der Waals surface area contributed by atoms with Crippen LogP contribution in [0, 0.1) is 0 Å². The van der Waals surface area contributed by atoms with Gasteiger partial charge in [0.1, 0.15) is 0 Å². The third-order valence-electron chi connectivity index (χ3n) is 4.38. The van der Waals surface area contributed by atoms with Crippen LogP contribution in [0.4, 0.5) is 10.5 Å². The fourth-order valence-electron chi connectivity index (χ4n) is 3.28. The molecular formula is C19H21NO2. The third-order valence-corrected chi connectivity index (χ3v) is 4.38. The Labute approximate surface area is 131 Å². The summed E-state index contributed by atoms with van der Waals surface area (Å²) in [5.41, 5.74) is 2.94. The number of carbonyl (C=O) groups is 1. The van der Waals surface area contributed by atoms with Crippen molar-refractivity contribution in [2.75, 3.05) is 4.90 Å². The minimum Gasteiger partial charge on any atom is -0.465 e. The van der Waals surface area contributed by atoms with Crippen molar-refractivity contribution in [2.24, 2.45) is 0 Å². The second-order valence-corrected chi connectivity index (χ2v) is 5.86. The van der Waals surface area contributed by atoms with Crippen molar-refractivity contribution in [3.63, 3.8) is 0 Å². The van der Waals surface area contributed by atoms with Crippen molar-refractivity contribution in [2.45, 2.75) is 38.1 Å². The maximum atomic E-state index is 11.8. The molecule has 1 amide bonds. The van der Waals surface area contributed by atoms with Crippen LogP contribution in [0.3, 0.4) is 0 Å². The standard InChI is InChI=1S/C19H21NO2/c21-19(22)20(17-11-5-2-6-12-17)18-13-7-10-16(14-18)15-8-3-1-4-9-15/h1,3-4,7-10,13-14,17H,2,5-6,11-12H2,(H,21,22). The number of hydrogen-bond acceptors (Lipinski definition) is 1. The maximum absolute atomic E-state index is 11.8. The molecule has 2 aromatic rings. The number of hydrogen-bond donors (Lipinski definition) is 1. The lowest BCUT2D eigenvalue weighted by Crippen LogP contribution is -2.40. The quantitative estimate of drug-likeness (QED) is 0.848. The Morgan fingerprint density at radius 1 is 0.909 bits per heavy atom. The van der Waals surface area contributed by atoms with Crippen molar-refractivity contribution in [1.29, 1.82) is 0 Å². The molecule has 0 atom stereocenters. The van der Waals surface area contributed by atoms with Gasteiger partial charge in [0.05, 0.1) is 0 Å². The third kappa shape index (κ3) is 3.14. The van der Waals surface area contributed by atoms with Crippen LogP contribution in [-0.2, 0) is 0 Å². The molecule has 0 aliphatic heterocycles. The average molecular weight is 295 g/mol. The Bertz CT molecular complexity index is 633. The molecular weight excluding hydrogens is 274 g/mol. The van der Waals surface area contributed by atoms with Crippen LogP contribution in [-0.4, -0.2) is 17.2 Å². The lowest BCUT2D eigenvalue weighted by Gasteiger charge is -2.32. The number of nitrogens with zero attached hydrogens (tertiary/aromatic N) is 1. The van der Waals surface area contributed by atoms with Crippen LogP contribution in [0.25, 0.3) is 11.1 Å². The molecule has 0 aromatic heterocycles. The molecule has 0 spiro atoms. The molecule has 0 radical (unpaired) electrons. The summed E-state index contributed by atoms with van der Waals surface area (Å²) < 4.78 is 0. The largest absolute Gasteiger partial charge is 0.465 e. The highest BCUT2D eigenvalue weighted by Gasteiger charge is 2.26. The SMILES string of the molecule is O=C(O)N(c1cccc(-c2ccccc2)c1)C1CCCCC1. The molecule has 0 saturated heterocycles. The van der Waals surface area contributed by atoms with Crippen LogP contribution in [0.5, 0.6) is 0 Å². The van der Waals surface area contributed by atoms with Gasteiger partial charge in [0.2, 0.25) is 0 Å². The Morgan fingerprint density at radius 3 is 2.27 bits per heavy atom. The van der Waals surface area contributed by atoms with Crippen LogP contribution in [0.15, 0.2) is 54.6 Å². The van der Waals surface area contributed by atoms with E-state index in [9.17, 15) is 9.90 Å². The molecule has 1 fully saturated rings. The molecule has 0 heterocycles. The van der Waals surface area contributed by atoms with Gasteiger partial charge in [-0.05, 0) is 36.1 Å². The molecule has 1 aliphatic rings. The van der Waals surface area contributed by atoms with Crippen LogP contribution < -0.4 is 4.90 Å². The van der Waals surface area contributed by atoms with Crippen LogP contribution >= 0.6 is 0 Å². The molecule has 1 aliphatic carbocycles. The van der Waals surface area contributed by atoms with E-state index < -0.39 is 6.09 Å². The average Bonchev–Trinajstić information content (AvgIpc) is 2.57. The fraction of sp³-hybridized carbons (Fsp3) is 0.316. The number of benzene rings is 2. The topological polar surface area (TPSA) is 40.5 Å². The fourth-order valence-corrected chi connectivity index (χ4v) is 3.28. The van der Waals surface area contributed by atoms with Gasteiger partial charge in [-0.1, -0.05) is 61.7 Å². The first-order chi connectivity index (χ1) is 10.8. The highest BCUT2D eigenvalue weighted by molar-refractivity contribution is 5.88. The molecule has 3 heteroatoms. The summed E-state index contributed by atoms with van der Waals surface area (Å²) in [5.74, 6) is 0. The van der Waals surface area contributed by atoms with Crippen molar-refractivity contribution < 1.29 is 9.90 Å². The van der Waals surface area contributed by atoms with E-state index in [0.717, 1.165) is 42.5 Å². The van der Waals surface area contributed by atoms with Gasteiger partial charge in [-0.2, -0.15) is 0 Å². The monoisotopic (exact) mass is 295 g/mol. The molecule has 3 rings (SSSR count). The second kappa shape index (κ2) is 6.65. The highest BCUT2D eigenvalue weighted by atomic mass is 16.4. The molecule has 1 saturated carbocycles. The predicted octanol–water partition coefficient (Wildman–Crippen LogP) is 5.17. The minimum atomic E-state index is -0.850. The minimum absolute atomic E-state index is 0.109. The van der Waals surface area contributed by atoms with E-state index in [1.54, 1.807) is 4.90 Å². The van der Waals surface area contributed by atoms with E-state index in [0.29, 0.717) is 0 Å². The molecule has 114 valence electrons. The first-order valence-electron chi connectivity index (χ1n) is 7.93. The smallest absolute Gasteiger partial charge is 0.412 e. The number of amides is 1. The van der Waals surface area contributed by atoms with Crippen LogP contribution in [0.2, 0.25) is 0 Å². The van der Waals surface area contributed by atoms with E-state index in [1.807, 2.05) is 54.6 Å². The first kappa shape index (κ1) is 14.6. The zero-order valence-corrected chi connectivity index (χ0v) is 12.6. The zero-order chi connectivity index (χ0) is 15.4. The summed E-state index contributed by atoms with van der Waals surface area (Å²) in [6.45, 7) is 0. The van der Waals surface area contributed by atoms with Crippen molar-refractivity contribution >= 4 is 11.8 Å². The number of rotatable bonds is 3. The van der Waals surface area contributed by atoms with Gasteiger partial charge in [-0.25, -0.2) is 4.79 Å². The van der Waals surface area contributed by atoms with Gasteiger partial charge >= 0.3 is 6.09 Å². The zero-order valence-electron chi connectivity index (χ0n) is 12.6. The Morgan fingerprint density at radius 2 is 1.59 bits per heavy atom. The summed E-state index contributed by atoms with van der Waals surface area (Å²) in [6.07, 6.45) is 4.52. The first-order valence-corrected chi connectivity index (χ1v) is 7.93. The molecule has 0 bridgehead atoms. The summed E-state index contributed by atoms with van der Waals surface area (Å²) in [6, 6.07) is 18.0. The maximum Gasteiger partial charge on any atom is 0.412 e. The molecule has 3 nitrogen and oxygen atoms in total. The molecule has 2 aromatic carbocycles. The van der Waals surface area contributed by atoms with Gasteiger partial charge in [0, 0.05) is 11.7 Å².